The second kappa shape index (κ2) is 8.52. The lowest BCUT2D eigenvalue weighted by molar-refractivity contribution is -0.136. The molecule has 1 atom stereocenters. The maximum Gasteiger partial charge on any atom is 0.314 e. The van der Waals surface area contributed by atoms with Crippen LogP contribution in [-0.4, -0.2) is 62.8 Å². The van der Waals surface area contributed by atoms with Crippen LogP contribution in [0.4, 0.5) is 5.82 Å². The molecule has 24 heavy (non-hydrogen) atoms. The van der Waals surface area contributed by atoms with Gasteiger partial charge in [-0.2, -0.15) is 0 Å². The molecule has 0 saturated carbocycles. The van der Waals surface area contributed by atoms with Gasteiger partial charge in [-0.05, 0) is 25.0 Å². The first-order valence-corrected chi connectivity index (χ1v) is 8.88. The second-order valence-corrected chi connectivity index (χ2v) is 7.68. The molecule has 2 rings (SSSR count). The Labute approximate surface area is 148 Å². The van der Waals surface area contributed by atoms with E-state index in [1.54, 1.807) is 24.5 Å². The first kappa shape index (κ1) is 18.8. The topological polar surface area (TPSA) is 94.6 Å². The molecule has 1 aliphatic heterocycles. The van der Waals surface area contributed by atoms with Gasteiger partial charge in [0, 0.05) is 39.4 Å². The number of hydrogen-bond acceptors (Lipinski definition) is 4. The molecule has 2 amide bonds. The van der Waals surface area contributed by atoms with Gasteiger partial charge in [-0.15, -0.1) is 0 Å². The zero-order chi connectivity index (χ0) is 17.7. The fourth-order valence-electron chi connectivity index (χ4n) is 2.26. The Morgan fingerprint density at radius 3 is 2.50 bits per heavy atom. The summed E-state index contributed by atoms with van der Waals surface area (Å²) in [5.74, 6) is -1.22. The molecule has 0 bridgehead atoms. The number of rotatable bonds is 4. The predicted octanol–water partition coefficient (Wildman–Crippen LogP) is 0.394. The summed E-state index contributed by atoms with van der Waals surface area (Å²) in [6, 6.07) is 2.97. The number of hydrogen-bond donors (Lipinski definition) is 2. The van der Waals surface area contributed by atoms with Gasteiger partial charge in [0.15, 0.2) is 11.2 Å². The van der Waals surface area contributed by atoms with Crippen molar-refractivity contribution in [2.24, 2.45) is 0 Å². The fourth-order valence-corrected chi connectivity index (χ4v) is 3.36. The Hall–Kier alpha value is -1.55. The van der Waals surface area contributed by atoms with Crippen molar-refractivity contribution in [2.45, 2.75) is 18.9 Å². The predicted molar refractivity (Wildman–Crippen MR) is 92.4 cm³/mol. The smallest absolute Gasteiger partial charge is 0.314 e. The van der Waals surface area contributed by atoms with Gasteiger partial charge in [0.1, 0.15) is 5.82 Å². The van der Waals surface area contributed by atoms with Crippen molar-refractivity contribution in [1.82, 2.24) is 18.9 Å². The first-order valence-electron chi connectivity index (χ1n) is 7.44. The molecule has 132 valence electrons. The number of nitrogens with zero attached hydrogens (tertiary/aromatic N) is 3. The summed E-state index contributed by atoms with van der Waals surface area (Å²) >= 11 is 4.54. The van der Waals surface area contributed by atoms with Crippen LogP contribution in [0.1, 0.15) is 12.8 Å². The number of carbonyl (C=O) groups is 2. The lowest BCUT2D eigenvalue weighted by Crippen LogP contribution is -2.49. The van der Waals surface area contributed by atoms with Gasteiger partial charge < -0.3 is 10.6 Å². The van der Waals surface area contributed by atoms with E-state index in [4.69, 9.17) is 11.6 Å². The molecular weight excluding hydrogens is 354 g/mol. The van der Waals surface area contributed by atoms with Crippen LogP contribution < -0.4 is 10.6 Å². The number of pyridine rings is 1. The molecule has 0 aromatic carbocycles. The van der Waals surface area contributed by atoms with E-state index in [2.05, 4.69) is 15.6 Å². The number of piperidine rings is 1. The summed E-state index contributed by atoms with van der Waals surface area (Å²) in [5.41, 5.74) is 0. The van der Waals surface area contributed by atoms with E-state index >= 15 is 0 Å². The molecule has 0 spiro atoms. The molecule has 8 nitrogen and oxygen atoms in total. The van der Waals surface area contributed by atoms with Gasteiger partial charge in [0.05, 0.1) is 5.02 Å². The van der Waals surface area contributed by atoms with Gasteiger partial charge in [-0.25, -0.2) is 17.8 Å². The number of halogens is 1. The van der Waals surface area contributed by atoms with E-state index < -0.39 is 23.0 Å². The normalized spacial score (nSPS) is 17.5. The fraction of sp³-hybridized carbons (Fsp3) is 0.500. The van der Waals surface area contributed by atoms with E-state index in [9.17, 15) is 13.8 Å². The minimum Gasteiger partial charge on any atom is -0.345 e. The van der Waals surface area contributed by atoms with Crippen LogP contribution in [-0.2, 0) is 20.8 Å². The minimum atomic E-state index is -1.17. The molecular formula is C14H20ClN5O3S. The van der Waals surface area contributed by atoms with Crippen LogP contribution in [0.25, 0.3) is 0 Å². The lowest BCUT2D eigenvalue weighted by Gasteiger charge is -2.32. The minimum absolute atomic E-state index is 0.114. The Bertz CT molecular complexity index is 617. The van der Waals surface area contributed by atoms with Gasteiger partial charge >= 0.3 is 11.8 Å². The average Bonchev–Trinajstić information content (AvgIpc) is 2.56. The van der Waals surface area contributed by atoms with Crippen LogP contribution in [0, 0.1) is 0 Å². The molecule has 2 heterocycles. The largest absolute Gasteiger partial charge is 0.345 e. The number of aromatic nitrogens is 1. The van der Waals surface area contributed by atoms with Crippen LogP contribution in [0.2, 0.25) is 5.02 Å². The van der Waals surface area contributed by atoms with E-state index in [0.717, 1.165) is 0 Å². The van der Waals surface area contributed by atoms with Crippen LogP contribution in [0.5, 0.6) is 0 Å². The van der Waals surface area contributed by atoms with Crippen molar-refractivity contribution in [3.8, 4) is 0 Å². The zero-order valence-corrected chi connectivity index (χ0v) is 15.1. The SMILES string of the molecule is CN(C)S(=O)N1CCC(NC(=O)C(=O)Nc2ccc(Cl)cn2)CC1. The number of carbonyl (C=O) groups excluding carboxylic acids is 2. The Kier molecular flexibility index (Phi) is 6.67. The molecule has 1 saturated heterocycles. The average molecular weight is 374 g/mol. The van der Waals surface area contributed by atoms with E-state index in [-0.39, 0.29) is 11.9 Å². The van der Waals surface area contributed by atoms with Crippen molar-refractivity contribution in [2.75, 3.05) is 32.5 Å². The maximum absolute atomic E-state index is 12.0. The zero-order valence-electron chi connectivity index (χ0n) is 13.5. The molecule has 0 aliphatic carbocycles. The maximum atomic E-state index is 12.0. The van der Waals surface area contributed by atoms with E-state index in [0.29, 0.717) is 31.0 Å². The third kappa shape index (κ3) is 5.23. The third-order valence-corrected chi connectivity index (χ3v) is 5.15. The molecule has 1 fully saturated rings. The molecule has 1 aromatic rings. The quantitative estimate of drug-likeness (QED) is 0.747. The first-order chi connectivity index (χ1) is 11.4. The number of nitrogens with one attached hydrogen (secondary N) is 2. The lowest BCUT2D eigenvalue weighted by atomic mass is 10.1. The standard InChI is InChI=1S/C14H20ClN5O3S/c1-19(2)24(23)20-7-5-11(6-8-20)17-13(21)14(22)18-12-4-3-10(15)9-16-12/h3-4,9,11H,5-8H2,1-2H3,(H,17,21)(H,16,18,22). The van der Waals surface area contributed by atoms with Crippen molar-refractivity contribution < 1.29 is 13.8 Å². The molecule has 1 unspecified atom stereocenters. The van der Waals surface area contributed by atoms with Crippen LogP contribution in [0.15, 0.2) is 18.3 Å². The van der Waals surface area contributed by atoms with Crippen molar-refractivity contribution >= 4 is 40.4 Å². The summed E-state index contributed by atoms with van der Waals surface area (Å²) in [6.07, 6.45) is 2.66. The highest BCUT2D eigenvalue weighted by Crippen LogP contribution is 2.13. The van der Waals surface area contributed by atoms with Gasteiger partial charge in [0.25, 0.3) is 0 Å². The van der Waals surface area contributed by atoms with Gasteiger partial charge in [0.2, 0.25) is 0 Å². The Balaban J connectivity index is 1.79. The van der Waals surface area contributed by atoms with Crippen LogP contribution >= 0.6 is 11.6 Å². The van der Waals surface area contributed by atoms with Crippen molar-refractivity contribution in [3.05, 3.63) is 23.4 Å². The molecule has 10 heteroatoms. The highest BCUT2D eigenvalue weighted by Gasteiger charge is 2.26. The Morgan fingerprint density at radius 1 is 1.29 bits per heavy atom. The number of anilines is 1. The summed E-state index contributed by atoms with van der Waals surface area (Å²) in [4.78, 5) is 27.7. The molecule has 2 N–H and O–H groups in total. The molecule has 1 aliphatic rings. The van der Waals surface area contributed by atoms with E-state index in [1.165, 1.54) is 12.3 Å². The summed E-state index contributed by atoms with van der Waals surface area (Å²) in [6.45, 7) is 1.19. The Morgan fingerprint density at radius 2 is 1.96 bits per heavy atom. The highest BCUT2D eigenvalue weighted by molar-refractivity contribution is 7.80. The van der Waals surface area contributed by atoms with E-state index in [1.807, 2.05) is 4.31 Å². The summed E-state index contributed by atoms with van der Waals surface area (Å²) in [5, 5.41) is 5.55. The highest BCUT2D eigenvalue weighted by atomic mass is 35.5. The summed E-state index contributed by atoms with van der Waals surface area (Å²) in [7, 11) is 3.50. The molecule has 0 radical (unpaired) electrons. The van der Waals surface area contributed by atoms with Crippen molar-refractivity contribution in [1.29, 1.82) is 0 Å². The van der Waals surface area contributed by atoms with Crippen LogP contribution in [0.3, 0.4) is 0 Å². The molecule has 1 aromatic heterocycles. The monoisotopic (exact) mass is 373 g/mol. The number of amides is 2. The van der Waals surface area contributed by atoms with Gasteiger partial charge in [-0.3, -0.25) is 9.59 Å². The van der Waals surface area contributed by atoms with Crippen molar-refractivity contribution in [3.63, 3.8) is 0 Å². The summed E-state index contributed by atoms with van der Waals surface area (Å²) < 4.78 is 15.4. The van der Waals surface area contributed by atoms with Gasteiger partial charge in [-0.1, -0.05) is 11.6 Å². The second-order valence-electron chi connectivity index (χ2n) is 5.54. The third-order valence-electron chi connectivity index (χ3n) is 3.50.